The van der Waals surface area contributed by atoms with E-state index in [1.807, 2.05) is 4.90 Å². The number of carbonyl (C=O) groups excluding carboxylic acids is 1. The van der Waals surface area contributed by atoms with Crippen LogP contribution in [0.3, 0.4) is 0 Å². The minimum absolute atomic E-state index is 0.0451. The number of nitrogens with two attached hydrogens (primary N) is 2. The van der Waals surface area contributed by atoms with Gasteiger partial charge in [-0.25, -0.2) is 4.79 Å². The van der Waals surface area contributed by atoms with E-state index in [1.54, 1.807) is 0 Å². The summed E-state index contributed by atoms with van der Waals surface area (Å²) in [6.07, 6.45) is -3.89. The number of hydrogen-bond donors (Lipinski definition) is 2. The SMILES string of the molecule is Nc1nnc(N2CCC([C@@H](N)c3cc(Cl)c(Cl)cc3OC(=O)C(F)(F)F)CC2)s1. The van der Waals surface area contributed by atoms with Crippen LogP contribution >= 0.6 is 34.5 Å². The van der Waals surface area contributed by atoms with E-state index in [0.29, 0.717) is 36.2 Å². The Morgan fingerprint density at radius 1 is 1.24 bits per heavy atom. The quantitative estimate of drug-likeness (QED) is 0.517. The molecule has 13 heteroatoms. The second kappa shape index (κ2) is 8.50. The molecule has 1 aromatic heterocycles. The van der Waals surface area contributed by atoms with Gasteiger partial charge in [0.25, 0.3) is 0 Å². The maximum Gasteiger partial charge on any atom is 0.491 e. The van der Waals surface area contributed by atoms with Gasteiger partial charge >= 0.3 is 12.1 Å². The monoisotopic (exact) mass is 469 g/mol. The van der Waals surface area contributed by atoms with Crippen molar-refractivity contribution in [2.45, 2.75) is 25.1 Å². The first kappa shape index (κ1) is 21.9. The molecule has 1 aliphatic rings. The second-order valence-electron chi connectivity index (χ2n) is 6.46. The molecule has 29 heavy (non-hydrogen) atoms. The predicted octanol–water partition coefficient (Wildman–Crippen LogP) is 3.81. The van der Waals surface area contributed by atoms with Crippen LogP contribution < -0.4 is 21.1 Å². The number of nitrogens with zero attached hydrogens (tertiary/aromatic N) is 3. The number of rotatable bonds is 4. The van der Waals surface area contributed by atoms with Crippen molar-refractivity contribution in [2.75, 3.05) is 23.7 Å². The zero-order valence-electron chi connectivity index (χ0n) is 14.7. The van der Waals surface area contributed by atoms with Crippen molar-refractivity contribution in [2.24, 2.45) is 11.7 Å². The Hall–Kier alpha value is -1.82. The third-order valence-electron chi connectivity index (χ3n) is 4.59. The summed E-state index contributed by atoms with van der Waals surface area (Å²) in [5, 5.41) is 8.91. The van der Waals surface area contributed by atoms with E-state index in [0.717, 1.165) is 6.07 Å². The van der Waals surface area contributed by atoms with Gasteiger partial charge in [0.1, 0.15) is 5.75 Å². The van der Waals surface area contributed by atoms with Crippen LogP contribution in [0.15, 0.2) is 12.1 Å². The molecular weight excluding hydrogens is 454 g/mol. The second-order valence-corrected chi connectivity index (χ2v) is 8.27. The van der Waals surface area contributed by atoms with Crippen molar-refractivity contribution < 1.29 is 22.7 Å². The Bertz CT molecular complexity index is 903. The number of piperidine rings is 1. The molecule has 2 heterocycles. The van der Waals surface area contributed by atoms with Crippen molar-refractivity contribution >= 4 is 50.8 Å². The molecular formula is C16H16Cl2F3N5O2S. The van der Waals surface area contributed by atoms with Gasteiger partial charge in [0.2, 0.25) is 10.3 Å². The minimum Gasteiger partial charge on any atom is -0.419 e. The Balaban J connectivity index is 1.77. The minimum atomic E-state index is -5.15. The third-order valence-corrected chi connectivity index (χ3v) is 6.13. The maximum absolute atomic E-state index is 12.6. The lowest BCUT2D eigenvalue weighted by Crippen LogP contribution is -2.37. The number of carbonyl (C=O) groups is 1. The maximum atomic E-state index is 12.6. The topological polar surface area (TPSA) is 107 Å². The summed E-state index contributed by atoms with van der Waals surface area (Å²) in [5.41, 5.74) is 12.1. The van der Waals surface area contributed by atoms with E-state index in [9.17, 15) is 18.0 Å². The summed E-state index contributed by atoms with van der Waals surface area (Å²) in [7, 11) is 0. The lowest BCUT2D eigenvalue weighted by molar-refractivity contribution is -0.189. The smallest absolute Gasteiger partial charge is 0.419 e. The molecule has 1 aliphatic heterocycles. The van der Waals surface area contributed by atoms with Crippen LogP contribution in [0.5, 0.6) is 5.75 Å². The molecule has 1 aromatic carbocycles. The number of benzene rings is 1. The number of nitrogen functional groups attached to an aromatic ring is 1. The molecule has 2 aromatic rings. The van der Waals surface area contributed by atoms with Crippen LogP contribution in [0, 0.1) is 5.92 Å². The lowest BCUT2D eigenvalue weighted by Gasteiger charge is -2.35. The Morgan fingerprint density at radius 2 is 1.86 bits per heavy atom. The molecule has 0 spiro atoms. The van der Waals surface area contributed by atoms with E-state index in [2.05, 4.69) is 14.9 Å². The summed E-state index contributed by atoms with van der Waals surface area (Å²) in [5.74, 6) is -2.79. The molecule has 3 rings (SSSR count). The average molecular weight is 470 g/mol. The van der Waals surface area contributed by atoms with Gasteiger partial charge in [0.15, 0.2) is 0 Å². The van der Waals surface area contributed by atoms with Crippen LogP contribution in [-0.4, -0.2) is 35.4 Å². The zero-order chi connectivity index (χ0) is 21.3. The zero-order valence-corrected chi connectivity index (χ0v) is 17.1. The largest absolute Gasteiger partial charge is 0.491 e. The third kappa shape index (κ3) is 5.03. The number of esters is 1. The molecule has 0 bridgehead atoms. The lowest BCUT2D eigenvalue weighted by atomic mass is 9.85. The number of ether oxygens (including phenoxy) is 1. The fourth-order valence-electron chi connectivity index (χ4n) is 3.11. The van der Waals surface area contributed by atoms with Crippen molar-refractivity contribution in [3.8, 4) is 5.75 Å². The molecule has 1 fully saturated rings. The van der Waals surface area contributed by atoms with Gasteiger partial charge in [0.05, 0.1) is 10.0 Å². The van der Waals surface area contributed by atoms with Gasteiger partial charge in [-0.15, -0.1) is 10.2 Å². The molecule has 0 saturated carbocycles. The fourth-order valence-corrected chi connectivity index (χ4v) is 4.10. The number of hydrogen-bond acceptors (Lipinski definition) is 8. The van der Waals surface area contributed by atoms with Crippen molar-refractivity contribution in [3.05, 3.63) is 27.7 Å². The van der Waals surface area contributed by atoms with E-state index < -0.39 is 18.2 Å². The number of halogens is 5. The van der Waals surface area contributed by atoms with Gasteiger partial charge in [-0.3, -0.25) is 0 Å². The van der Waals surface area contributed by atoms with Crippen LogP contribution in [0.25, 0.3) is 0 Å². The number of aromatic nitrogens is 2. The first-order valence-corrected chi connectivity index (χ1v) is 10.0. The highest BCUT2D eigenvalue weighted by molar-refractivity contribution is 7.18. The Kier molecular flexibility index (Phi) is 6.42. The molecule has 1 saturated heterocycles. The molecule has 4 N–H and O–H groups in total. The molecule has 158 valence electrons. The van der Waals surface area contributed by atoms with Gasteiger partial charge in [0, 0.05) is 30.8 Å². The van der Waals surface area contributed by atoms with Gasteiger partial charge in [-0.05, 0) is 24.8 Å². The fraction of sp³-hybridized carbons (Fsp3) is 0.438. The summed E-state index contributed by atoms with van der Waals surface area (Å²) in [6.45, 7) is 1.23. The molecule has 7 nitrogen and oxygen atoms in total. The molecule has 0 radical (unpaired) electrons. The first-order valence-electron chi connectivity index (χ1n) is 8.43. The van der Waals surface area contributed by atoms with E-state index >= 15 is 0 Å². The van der Waals surface area contributed by atoms with Crippen LogP contribution in [0.1, 0.15) is 24.4 Å². The molecule has 1 atom stereocenters. The van der Waals surface area contributed by atoms with Crippen LogP contribution in [0.4, 0.5) is 23.4 Å². The molecule has 0 unspecified atom stereocenters. The van der Waals surface area contributed by atoms with E-state index in [-0.39, 0.29) is 27.3 Å². The van der Waals surface area contributed by atoms with Crippen LogP contribution in [0.2, 0.25) is 10.0 Å². The number of anilines is 2. The number of alkyl halides is 3. The van der Waals surface area contributed by atoms with Gasteiger partial charge in [-0.1, -0.05) is 34.5 Å². The van der Waals surface area contributed by atoms with E-state index in [1.165, 1.54) is 17.4 Å². The molecule has 0 aliphatic carbocycles. The normalized spacial score (nSPS) is 16.7. The van der Waals surface area contributed by atoms with Crippen molar-refractivity contribution in [1.82, 2.24) is 10.2 Å². The highest BCUT2D eigenvalue weighted by atomic mass is 35.5. The summed E-state index contributed by atoms with van der Waals surface area (Å²) in [4.78, 5) is 13.3. The van der Waals surface area contributed by atoms with Crippen molar-refractivity contribution in [1.29, 1.82) is 0 Å². The highest BCUT2D eigenvalue weighted by Crippen LogP contribution is 2.40. The highest BCUT2D eigenvalue weighted by Gasteiger charge is 2.42. The predicted molar refractivity (Wildman–Crippen MR) is 104 cm³/mol. The summed E-state index contributed by atoms with van der Waals surface area (Å²) < 4.78 is 42.4. The first-order chi connectivity index (χ1) is 13.6. The van der Waals surface area contributed by atoms with Crippen LogP contribution in [-0.2, 0) is 4.79 Å². The molecule has 0 amide bonds. The van der Waals surface area contributed by atoms with Gasteiger partial charge in [-0.2, -0.15) is 13.2 Å². The van der Waals surface area contributed by atoms with Crippen molar-refractivity contribution in [3.63, 3.8) is 0 Å². The Labute approximate surface area is 177 Å². The summed E-state index contributed by atoms with van der Waals surface area (Å²) in [6, 6.07) is 1.70. The average Bonchev–Trinajstić information content (AvgIpc) is 3.09. The standard InChI is InChI=1S/C16H16Cl2F3N5O2S/c17-9-5-8(11(6-10(9)18)28-13(27)16(19,20)21)12(22)7-1-3-26(4-2-7)15-25-24-14(23)29-15/h5-7,12H,1-4,22H2,(H2,23,24)/t12-/m1/s1. The summed E-state index contributed by atoms with van der Waals surface area (Å²) >= 11 is 13.2. The van der Waals surface area contributed by atoms with E-state index in [4.69, 9.17) is 34.7 Å². The van der Waals surface area contributed by atoms with Gasteiger partial charge < -0.3 is 21.1 Å². The Morgan fingerprint density at radius 3 is 2.41 bits per heavy atom.